The summed E-state index contributed by atoms with van der Waals surface area (Å²) in [5, 5.41) is 0. The number of nitrogens with zero attached hydrogens (tertiary/aromatic N) is 2. The lowest BCUT2D eigenvalue weighted by molar-refractivity contribution is -0.140. The van der Waals surface area contributed by atoms with Crippen molar-refractivity contribution in [2.24, 2.45) is 0 Å². The number of methoxy groups -OCH3 is 1. The molecule has 0 aliphatic heterocycles. The summed E-state index contributed by atoms with van der Waals surface area (Å²) in [6.07, 6.45) is 0.198. The number of anilines is 1. The lowest BCUT2D eigenvalue weighted by atomic mass is 10.3. The lowest BCUT2D eigenvalue weighted by Gasteiger charge is -2.23. The van der Waals surface area contributed by atoms with Gasteiger partial charge in [0.05, 0.1) is 19.2 Å². The SMILES string of the molecule is COC(=O)CCN(C)c1ccccc1S(=O)(=O)N(C)C. The van der Waals surface area contributed by atoms with Gasteiger partial charge in [-0.15, -0.1) is 0 Å². The van der Waals surface area contributed by atoms with Gasteiger partial charge in [0.1, 0.15) is 4.90 Å². The molecule has 1 aromatic carbocycles. The summed E-state index contributed by atoms with van der Waals surface area (Å²) in [4.78, 5) is 13.1. The topological polar surface area (TPSA) is 66.9 Å². The quantitative estimate of drug-likeness (QED) is 0.731. The maximum absolute atomic E-state index is 12.3. The van der Waals surface area contributed by atoms with Crippen molar-refractivity contribution >= 4 is 21.7 Å². The Labute approximate surface area is 120 Å². The smallest absolute Gasteiger partial charge is 0.307 e. The molecule has 0 aromatic heterocycles. The highest BCUT2D eigenvalue weighted by atomic mass is 32.2. The largest absolute Gasteiger partial charge is 0.469 e. The van der Waals surface area contributed by atoms with Crippen LogP contribution in [0.5, 0.6) is 0 Å². The van der Waals surface area contributed by atoms with Crippen molar-refractivity contribution in [1.29, 1.82) is 0 Å². The van der Waals surface area contributed by atoms with Crippen molar-refractivity contribution < 1.29 is 17.9 Å². The molecule has 0 unspecified atom stereocenters. The van der Waals surface area contributed by atoms with Crippen molar-refractivity contribution in [2.45, 2.75) is 11.3 Å². The van der Waals surface area contributed by atoms with E-state index in [1.807, 2.05) is 0 Å². The first kappa shape index (κ1) is 16.5. The average molecular weight is 300 g/mol. The Morgan fingerprint density at radius 3 is 2.35 bits per heavy atom. The van der Waals surface area contributed by atoms with Gasteiger partial charge in [0.2, 0.25) is 10.0 Å². The van der Waals surface area contributed by atoms with E-state index in [2.05, 4.69) is 4.74 Å². The number of rotatable bonds is 6. The van der Waals surface area contributed by atoms with E-state index in [0.717, 1.165) is 0 Å². The minimum atomic E-state index is -3.52. The number of hydrogen-bond acceptors (Lipinski definition) is 5. The van der Waals surface area contributed by atoms with Crippen LogP contribution in [0.4, 0.5) is 5.69 Å². The summed E-state index contributed by atoms with van der Waals surface area (Å²) >= 11 is 0. The van der Waals surface area contributed by atoms with Gasteiger partial charge in [-0.2, -0.15) is 0 Å². The third kappa shape index (κ3) is 3.71. The van der Waals surface area contributed by atoms with E-state index in [-0.39, 0.29) is 17.3 Å². The molecule has 1 aromatic rings. The number of esters is 1. The summed E-state index contributed by atoms with van der Waals surface area (Å²) in [5.74, 6) is -0.329. The van der Waals surface area contributed by atoms with Crippen molar-refractivity contribution in [1.82, 2.24) is 4.31 Å². The molecule has 0 fully saturated rings. The Kier molecular flexibility index (Phi) is 5.52. The maximum Gasteiger partial charge on any atom is 0.307 e. The van der Waals surface area contributed by atoms with Crippen molar-refractivity contribution in [3.8, 4) is 0 Å². The molecule has 1 rings (SSSR count). The average Bonchev–Trinajstić information content (AvgIpc) is 2.44. The van der Waals surface area contributed by atoms with Gasteiger partial charge in [0, 0.05) is 27.7 Å². The van der Waals surface area contributed by atoms with E-state index in [1.54, 1.807) is 36.2 Å². The fraction of sp³-hybridized carbons (Fsp3) is 0.462. The summed E-state index contributed by atoms with van der Waals surface area (Å²) in [6, 6.07) is 6.71. The summed E-state index contributed by atoms with van der Waals surface area (Å²) in [5.41, 5.74) is 0.560. The molecule has 0 atom stereocenters. The Hall–Kier alpha value is -1.60. The van der Waals surface area contributed by atoms with Crippen LogP contribution in [0.15, 0.2) is 29.2 Å². The molecular formula is C13H20N2O4S. The number of carbonyl (C=O) groups is 1. The molecule has 0 saturated heterocycles. The third-order valence-corrected chi connectivity index (χ3v) is 4.78. The number of hydrogen-bond donors (Lipinski definition) is 0. The van der Waals surface area contributed by atoms with Crippen molar-refractivity contribution in [3.63, 3.8) is 0 Å². The zero-order valence-electron chi connectivity index (χ0n) is 12.2. The minimum Gasteiger partial charge on any atom is -0.469 e. The Bertz CT molecular complexity index is 569. The molecule has 7 heteroatoms. The minimum absolute atomic E-state index is 0.198. The third-order valence-electron chi connectivity index (χ3n) is 2.91. The summed E-state index contributed by atoms with van der Waals surface area (Å²) < 4.78 is 30.3. The monoisotopic (exact) mass is 300 g/mol. The molecule has 0 heterocycles. The molecule has 0 spiro atoms. The lowest BCUT2D eigenvalue weighted by Crippen LogP contribution is -2.27. The van der Waals surface area contributed by atoms with Gasteiger partial charge >= 0.3 is 5.97 Å². The van der Waals surface area contributed by atoms with E-state index >= 15 is 0 Å². The van der Waals surface area contributed by atoms with Crippen LogP contribution in [-0.4, -0.2) is 53.5 Å². The molecule has 20 heavy (non-hydrogen) atoms. The van der Waals surface area contributed by atoms with Crippen LogP contribution in [0, 0.1) is 0 Å². The van der Waals surface area contributed by atoms with Crippen LogP contribution >= 0.6 is 0 Å². The Morgan fingerprint density at radius 1 is 1.20 bits per heavy atom. The molecule has 6 nitrogen and oxygen atoms in total. The van der Waals surface area contributed by atoms with Gasteiger partial charge in [-0.05, 0) is 12.1 Å². The first-order valence-electron chi connectivity index (χ1n) is 6.10. The number of ether oxygens (including phenoxy) is 1. The van der Waals surface area contributed by atoms with Gasteiger partial charge in [-0.25, -0.2) is 12.7 Å². The second-order valence-electron chi connectivity index (χ2n) is 4.50. The molecule has 0 aliphatic rings. The maximum atomic E-state index is 12.3. The highest BCUT2D eigenvalue weighted by Gasteiger charge is 2.22. The van der Waals surface area contributed by atoms with E-state index in [0.29, 0.717) is 12.2 Å². The van der Waals surface area contributed by atoms with Gasteiger partial charge in [0.25, 0.3) is 0 Å². The van der Waals surface area contributed by atoms with Crippen LogP contribution in [0.1, 0.15) is 6.42 Å². The second-order valence-corrected chi connectivity index (χ2v) is 6.62. The molecule has 0 radical (unpaired) electrons. The van der Waals surface area contributed by atoms with Crippen molar-refractivity contribution in [3.05, 3.63) is 24.3 Å². The first-order valence-corrected chi connectivity index (χ1v) is 7.54. The number of para-hydroxylation sites is 1. The zero-order chi connectivity index (χ0) is 15.3. The fourth-order valence-electron chi connectivity index (χ4n) is 1.67. The van der Waals surface area contributed by atoms with Crippen LogP contribution in [0.25, 0.3) is 0 Å². The molecular weight excluding hydrogens is 280 g/mol. The summed E-state index contributed by atoms with van der Waals surface area (Å²) in [7, 11) is 2.52. The predicted molar refractivity (Wildman–Crippen MR) is 77.2 cm³/mol. The Balaban J connectivity index is 3.05. The fourth-order valence-corrected chi connectivity index (χ4v) is 2.80. The normalized spacial score (nSPS) is 11.4. The van der Waals surface area contributed by atoms with Gasteiger partial charge in [-0.1, -0.05) is 12.1 Å². The summed E-state index contributed by atoms with van der Waals surface area (Å²) in [6.45, 7) is 0.382. The van der Waals surface area contributed by atoms with E-state index in [1.165, 1.54) is 25.5 Å². The van der Waals surface area contributed by atoms with Crippen LogP contribution in [0.3, 0.4) is 0 Å². The zero-order valence-corrected chi connectivity index (χ0v) is 13.0. The molecule has 0 saturated carbocycles. The predicted octanol–water partition coefficient (Wildman–Crippen LogP) is 0.936. The van der Waals surface area contributed by atoms with E-state index in [4.69, 9.17) is 0 Å². The molecule has 0 N–H and O–H groups in total. The Morgan fingerprint density at radius 2 is 1.80 bits per heavy atom. The van der Waals surface area contributed by atoms with Gasteiger partial charge in [-0.3, -0.25) is 4.79 Å². The van der Waals surface area contributed by atoms with Crippen molar-refractivity contribution in [2.75, 3.05) is 39.7 Å². The molecule has 0 aliphatic carbocycles. The highest BCUT2D eigenvalue weighted by Crippen LogP contribution is 2.26. The standard InChI is InChI=1S/C13H20N2O4S/c1-14(2)20(17,18)12-8-6-5-7-11(12)15(3)10-9-13(16)19-4/h5-8H,9-10H2,1-4H3. The van der Waals surface area contributed by atoms with Crippen LogP contribution in [-0.2, 0) is 19.6 Å². The molecule has 0 amide bonds. The number of benzene rings is 1. The van der Waals surface area contributed by atoms with Crippen LogP contribution < -0.4 is 4.90 Å². The highest BCUT2D eigenvalue weighted by molar-refractivity contribution is 7.89. The van der Waals surface area contributed by atoms with Gasteiger partial charge in [0.15, 0.2) is 0 Å². The molecule has 112 valence electrons. The number of carbonyl (C=O) groups excluding carboxylic acids is 1. The molecule has 0 bridgehead atoms. The first-order chi connectivity index (χ1) is 9.30. The van der Waals surface area contributed by atoms with E-state index in [9.17, 15) is 13.2 Å². The number of sulfonamides is 1. The second kappa shape index (κ2) is 6.71. The van der Waals surface area contributed by atoms with Gasteiger partial charge < -0.3 is 9.64 Å². The van der Waals surface area contributed by atoms with Crippen LogP contribution in [0.2, 0.25) is 0 Å². The van der Waals surface area contributed by atoms with E-state index < -0.39 is 10.0 Å².